The summed E-state index contributed by atoms with van der Waals surface area (Å²) in [7, 11) is 1.38. The lowest BCUT2D eigenvalue weighted by Gasteiger charge is -2.11. The third-order valence-corrected chi connectivity index (χ3v) is 4.79. The number of aromatic nitrogens is 3. The van der Waals surface area contributed by atoms with Gasteiger partial charge in [0.2, 0.25) is 0 Å². The lowest BCUT2D eigenvalue weighted by molar-refractivity contribution is 0.0600. The Hall–Kier alpha value is -2.54. The van der Waals surface area contributed by atoms with E-state index < -0.39 is 0 Å². The summed E-state index contributed by atoms with van der Waals surface area (Å²) in [6, 6.07) is 11.1. The zero-order valence-corrected chi connectivity index (χ0v) is 15.8. The van der Waals surface area contributed by atoms with Crippen molar-refractivity contribution in [3.8, 4) is 11.6 Å². The zero-order valence-electron chi connectivity index (χ0n) is 15.0. The highest BCUT2D eigenvalue weighted by Crippen LogP contribution is 2.27. The van der Waals surface area contributed by atoms with E-state index >= 15 is 0 Å². The first kappa shape index (κ1) is 18.3. The van der Waals surface area contributed by atoms with Gasteiger partial charge in [-0.05, 0) is 35.7 Å². The summed E-state index contributed by atoms with van der Waals surface area (Å²) in [5.74, 6) is 2.32. The zero-order chi connectivity index (χ0) is 18.5. The first-order chi connectivity index (χ1) is 12.6. The Morgan fingerprint density at radius 3 is 2.62 bits per heavy atom. The van der Waals surface area contributed by atoms with Crippen LogP contribution in [0.3, 0.4) is 0 Å². The van der Waals surface area contributed by atoms with Crippen molar-refractivity contribution in [1.29, 1.82) is 0 Å². The molecule has 26 heavy (non-hydrogen) atoms. The average molecular weight is 371 g/mol. The van der Waals surface area contributed by atoms with Gasteiger partial charge in [0.25, 0.3) is 0 Å². The molecule has 0 fully saturated rings. The van der Waals surface area contributed by atoms with E-state index in [1.807, 2.05) is 24.3 Å². The number of rotatable bonds is 7. The van der Waals surface area contributed by atoms with Gasteiger partial charge in [-0.1, -0.05) is 37.7 Å². The summed E-state index contributed by atoms with van der Waals surface area (Å²) in [6.45, 7) is 5.13. The number of esters is 1. The van der Waals surface area contributed by atoms with Crippen molar-refractivity contribution in [3.05, 3.63) is 53.8 Å². The summed E-state index contributed by atoms with van der Waals surface area (Å²) < 4.78 is 12.3. The van der Waals surface area contributed by atoms with Gasteiger partial charge < -0.3 is 9.15 Å². The molecule has 0 aliphatic heterocycles. The van der Waals surface area contributed by atoms with Gasteiger partial charge in [0.1, 0.15) is 0 Å². The van der Waals surface area contributed by atoms with E-state index in [0.717, 1.165) is 28.8 Å². The highest BCUT2D eigenvalue weighted by atomic mass is 32.2. The van der Waals surface area contributed by atoms with E-state index in [0.29, 0.717) is 17.2 Å². The topological polar surface area (TPSA) is 70.2 Å². The maximum absolute atomic E-state index is 11.5. The Morgan fingerprint density at radius 2 is 2.00 bits per heavy atom. The molecule has 0 atom stereocenters. The summed E-state index contributed by atoms with van der Waals surface area (Å²) in [6.07, 6.45) is 1.64. The number of carbonyl (C=O) groups excluding carboxylic acids is 1. The van der Waals surface area contributed by atoms with Crippen LogP contribution in [0.4, 0.5) is 0 Å². The third-order valence-electron chi connectivity index (χ3n) is 3.75. The number of thioether (sulfide) groups is 1. The molecule has 2 heterocycles. The maximum Gasteiger partial charge on any atom is 0.337 e. The molecule has 7 heteroatoms. The van der Waals surface area contributed by atoms with Gasteiger partial charge in [0, 0.05) is 12.3 Å². The Bertz CT molecular complexity index is 855. The van der Waals surface area contributed by atoms with Crippen LogP contribution in [0.5, 0.6) is 0 Å². The van der Waals surface area contributed by atoms with Crippen LogP contribution in [0, 0.1) is 5.92 Å². The predicted octanol–water partition coefficient (Wildman–Crippen LogP) is 4.27. The molecule has 0 saturated heterocycles. The molecule has 0 amide bonds. The molecular formula is C19H21N3O3S. The molecule has 1 aromatic carbocycles. The average Bonchev–Trinajstić information content (AvgIpc) is 3.29. The first-order valence-corrected chi connectivity index (χ1v) is 9.34. The quantitative estimate of drug-likeness (QED) is 0.456. The van der Waals surface area contributed by atoms with Crippen molar-refractivity contribution >= 4 is 17.7 Å². The second-order valence-electron chi connectivity index (χ2n) is 6.27. The molecular weight excluding hydrogens is 350 g/mol. The van der Waals surface area contributed by atoms with Crippen molar-refractivity contribution in [2.45, 2.75) is 31.3 Å². The summed E-state index contributed by atoms with van der Waals surface area (Å²) in [4.78, 5) is 11.5. The van der Waals surface area contributed by atoms with Crippen molar-refractivity contribution in [3.63, 3.8) is 0 Å². The minimum atomic E-state index is -0.330. The van der Waals surface area contributed by atoms with E-state index in [2.05, 4.69) is 28.6 Å². The monoisotopic (exact) mass is 371 g/mol. The van der Waals surface area contributed by atoms with Crippen LogP contribution >= 0.6 is 11.8 Å². The van der Waals surface area contributed by atoms with Gasteiger partial charge in [0.15, 0.2) is 16.7 Å². The lowest BCUT2D eigenvalue weighted by atomic mass is 10.1. The molecule has 0 spiro atoms. The minimum Gasteiger partial charge on any atom is -0.465 e. The summed E-state index contributed by atoms with van der Waals surface area (Å²) >= 11 is 1.61. The van der Waals surface area contributed by atoms with Crippen molar-refractivity contribution in [2.75, 3.05) is 7.11 Å². The molecule has 0 aliphatic carbocycles. The number of nitrogens with zero attached hydrogens (tertiary/aromatic N) is 3. The van der Waals surface area contributed by atoms with Gasteiger partial charge in [-0.15, -0.1) is 10.2 Å². The van der Waals surface area contributed by atoms with Crippen LogP contribution < -0.4 is 0 Å². The van der Waals surface area contributed by atoms with E-state index in [1.165, 1.54) is 7.11 Å². The Kier molecular flexibility index (Phi) is 5.78. The van der Waals surface area contributed by atoms with Crippen LogP contribution in [0.2, 0.25) is 0 Å². The SMILES string of the molecule is COC(=O)c1ccc(CSc2nnc(-c3ccco3)n2CC(C)C)cc1. The predicted molar refractivity (Wildman–Crippen MR) is 99.9 cm³/mol. The van der Waals surface area contributed by atoms with Gasteiger partial charge in [-0.25, -0.2) is 4.79 Å². The number of benzene rings is 1. The molecule has 0 aliphatic rings. The second-order valence-corrected chi connectivity index (χ2v) is 7.21. The standard InChI is InChI=1S/C19H21N3O3S/c1-13(2)11-22-17(16-5-4-10-25-16)20-21-19(22)26-12-14-6-8-15(9-7-14)18(23)24-3/h4-10,13H,11-12H2,1-3H3. The first-order valence-electron chi connectivity index (χ1n) is 8.35. The van der Waals surface area contributed by atoms with Crippen LogP contribution in [-0.2, 0) is 17.0 Å². The van der Waals surface area contributed by atoms with Gasteiger partial charge in [-0.2, -0.15) is 0 Å². The van der Waals surface area contributed by atoms with Gasteiger partial charge in [0.05, 0.1) is 18.9 Å². The number of carbonyl (C=O) groups is 1. The van der Waals surface area contributed by atoms with E-state index in [-0.39, 0.29) is 5.97 Å². The Labute approximate surface area is 156 Å². The number of hydrogen-bond acceptors (Lipinski definition) is 6. The van der Waals surface area contributed by atoms with E-state index in [9.17, 15) is 4.79 Å². The fourth-order valence-corrected chi connectivity index (χ4v) is 3.42. The molecule has 136 valence electrons. The fraction of sp³-hybridized carbons (Fsp3) is 0.316. The molecule has 0 radical (unpaired) electrons. The molecule has 0 N–H and O–H groups in total. The largest absolute Gasteiger partial charge is 0.465 e. The number of hydrogen-bond donors (Lipinski definition) is 0. The van der Waals surface area contributed by atoms with Crippen LogP contribution in [0.1, 0.15) is 29.8 Å². The molecule has 0 unspecified atom stereocenters. The highest BCUT2D eigenvalue weighted by Gasteiger charge is 2.17. The van der Waals surface area contributed by atoms with E-state index in [4.69, 9.17) is 9.15 Å². The molecule has 3 rings (SSSR count). The molecule has 2 aromatic heterocycles. The van der Waals surface area contributed by atoms with Gasteiger partial charge in [-0.3, -0.25) is 4.57 Å². The molecule has 3 aromatic rings. The number of ether oxygens (including phenoxy) is 1. The third kappa shape index (κ3) is 4.16. The lowest BCUT2D eigenvalue weighted by Crippen LogP contribution is -2.07. The summed E-state index contributed by atoms with van der Waals surface area (Å²) in [5, 5.41) is 9.50. The molecule has 6 nitrogen and oxygen atoms in total. The maximum atomic E-state index is 11.5. The Balaban J connectivity index is 1.76. The van der Waals surface area contributed by atoms with Crippen LogP contribution in [-0.4, -0.2) is 27.8 Å². The van der Waals surface area contributed by atoms with Crippen LogP contribution in [0.15, 0.2) is 52.2 Å². The van der Waals surface area contributed by atoms with Crippen molar-refractivity contribution in [2.24, 2.45) is 5.92 Å². The normalized spacial score (nSPS) is 11.1. The smallest absolute Gasteiger partial charge is 0.337 e. The minimum absolute atomic E-state index is 0.330. The van der Waals surface area contributed by atoms with E-state index in [1.54, 1.807) is 30.2 Å². The number of furan rings is 1. The molecule has 0 saturated carbocycles. The fourth-order valence-electron chi connectivity index (χ4n) is 2.52. The summed E-state index contributed by atoms with van der Waals surface area (Å²) in [5.41, 5.74) is 1.64. The highest BCUT2D eigenvalue weighted by molar-refractivity contribution is 7.98. The Morgan fingerprint density at radius 1 is 1.23 bits per heavy atom. The van der Waals surface area contributed by atoms with Crippen molar-refractivity contribution < 1.29 is 13.9 Å². The molecule has 0 bridgehead atoms. The van der Waals surface area contributed by atoms with Crippen molar-refractivity contribution in [1.82, 2.24) is 14.8 Å². The van der Waals surface area contributed by atoms with Gasteiger partial charge >= 0.3 is 5.97 Å². The van der Waals surface area contributed by atoms with Crippen LogP contribution in [0.25, 0.3) is 11.6 Å². The number of methoxy groups -OCH3 is 1. The second kappa shape index (κ2) is 8.23.